The van der Waals surface area contributed by atoms with Gasteiger partial charge < -0.3 is 14.8 Å². The van der Waals surface area contributed by atoms with E-state index in [-0.39, 0.29) is 11.1 Å². The smallest absolute Gasteiger partial charge is 0.329 e. The SMILES string of the molecule is COc1ccc(C)cc1NC(=O)COC(=O)C(C)N1C(=O)c2ccc(C)cc2C1=O. The molecule has 1 N–H and O–H groups in total. The van der Waals surface area contributed by atoms with Crippen molar-refractivity contribution in [3.8, 4) is 5.75 Å². The van der Waals surface area contributed by atoms with Gasteiger partial charge in [0.05, 0.1) is 23.9 Å². The number of nitrogens with zero attached hydrogens (tertiary/aromatic N) is 1. The van der Waals surface area contributed by atoms with E-state index >= 15 is 0 Å². The highest BCUT2D eigenvalue weighted by Gasteiger charge is 2.41. The van der Waals surface area contributed by atoms with Gasteiger partial charge in [0.25, 0.3) is 17.7 Å². The maximum Gasteiger partial charge on any atom is 0.329 e. The standard InChI is InChI=1S/C22H22N2O6/c1-12-5-7-15-16(9-12)21(27)24(20(15)26)14(3)22(28)30-11-19(25)23-17-10-13(2)6-8-18(17)29-4/h5-10,14H,11H2,1-4H3,(H,23,25). The van der Waals surface area contributed by atoms with Crippen molar-refractivity contribution in [2.45, 2.75) is 26.8 Å². The molecule has 0 saturated carbocycles. The zero-order chi connectivity index (χ0) is 22.0. The van der Waals surface area contributed by atoms with E-state index in [1.807, 2.05) is 13.0 Å². The van der Waals surface area contributed by atoms with Gasteiger partial charge in [0.2, 0.25) is 0 Å². The molecule has 0 aliphatic carbocycles. The fourth-order valence-electron chi connectivity index (χ4n) is 3.19. The van der Waals surface area contributed by atoms with Crippen LogP contribution in [0.25, 0.3) is 0 Å². The third-order valence-corrected chi connectivity index (χ3v) is 4.78. The first-order chi connectivity index (χ1) is 14.2. The Hall–Kier alpha value is -3.68. The van der Waals surface area contributed by atoms with Crippen LogP contribution in [0.3, 0.4) is 0 Å². The van der Waals surface area contributed by atoms with Crippen LogP contribution in [-0.2, 0) is 14.3 Å². The van der Waals surface area contributed by atoms with Crippen molar-refractivity contribution in [3.63, 3.8) is 0 Å². The fraction of sp³-hybridized carbons (Fsp3) is 0.273. The molecule has 0 bridgehead atoms. The number of anilines is 1. The van der Waals surface area contributed by atoms with E-state index in [0.717, 1.165) is 16.0 Å². The number of methoxy groups -OCH3 is 1. The molecule has 8 nitrogen and oxygen atoms in total. The van der Waals surface area contributed by atoms with Gasteiger partial charge in [-0.15, -0.1) is 0 Å². The van der Waals surface area contributed by atoms with Gasteiger partial charge in [0, 0.05) is 0 Å². The van der Waals surface area contributed by atoms with E-state index in [2.05, 4.69) is 5.32 Å². The summed E-state index contributed by atoms with van der Waals surface area (Å²) in [5, 5.41) is 2.62. The predicted octanol–water partition coefficient (Wildman–Crippen LogP) is 2.48. The fourth-order valence-corrected chi connectivity index (χ4v) is 3.19. The van der Waals surface area contributed by atoms with Crippen LogP contribution >= 0.6 is 0 Å². The van der Waals surface area contributed by atoms with Crippen LogP contribution in [0, 0.1) is 13.8 Å². The molecule has 3 amide bonds. The van der Waals surface area contributed by atoms with Gasteiger partial charge in [-0.3, -0.25) is 19.3 Å². The second-order valence-corrected chi connectivity index (χ2v) is 7.06. The average molecular weight is 410 g/mol. The molecule has 2 aromatic carbocycles. The minimum atomic E-state index is -1.17. The normalized spacial score (nSPS) is 13.7. The number of amides is 3. The molecule has 30 heavy (non-hydrogen) atoms. The summed E-state index contributed by atoms with van der Waals surface area (Å²) in [7, 11) is 1.48. The van der Waals surface area contributed by atoms with Crippen molar-refractivity contribution in [1.82, 2.24) is 4.90 Å². The third-order valence-electron chi connectivity index (χ3n) is 4.78. The molecule has 1 aliphatic heterocycles. The molecule has 0 saturated heterocycles. The summed E-state index contributed by atoms with van der Waals surface area (Å²) < 4.78 is 10.2. The first kappa shape index (κ1) is 21.0. The number of imide groups is 1. The number of aryl methyl sites for hydroxylation is 2. The second-order valence-electron chi connectivity index (χ2n) is 7.06. The molecule has 1 unspecified atom stereocenters. The Labute approximate surface area is 173 Å². The van der Waals surface area contributed by atoms with Crippen LogP contribution in [0.4, 0.5) is 5.69 Å². The lowest BCUT2D eigenvalue weighted by atomic mass is 10.1. The monoisotopic (exact) mass is 410 g/mol. The minimum absolute atomic E-state index is 0.245. The number of carbonyl (C=O) groups excluding carboxylic acids is 4. The van der Waals surface area contributed by atoms with Crippen LogP contribution < -0.4 is 10.1 Å². The van der Waals surface area contributed by atoms with E-state index in [1.165, 1.54) is 14.0 Å². The maximum atomic E-state index is 12.6. The third kappa shape index (κ3) is 4.03. The number of benzene rings is 2. The second kappa shape index (κ2) is 8.36. The lowest BCUT2D eigenvalue weighted by molar-refractivity contribution is -0.150. The number of hydrogen-bond donors (Lipinski definition) is 1. The molecule has 156 valence electrons. The van der Waals surface area contributed by atoms with E-state index in [1.54, 1.807) is 37.3 Å². The van der Waals surface area contributed by atoms with Crippen LogP contribution in [0.1, 0.15) is 38.8 Å². The topological polar surface area (TPSA) is 102 Å². The van der Waals surface area contributed by atoms with Gasteiger partial charge in [-0.05, 0) is 50.6 Å². The molecule has 0 fully saturated rings. The first-order valence-corrected chi connectivity index (χ1v) is 9.32. The predicted molar refractivity (Wildman–Crippen MR) is 108 cm³/mol. The molecule has 0 aromatic heterocycles. The minimum Gasteiger partial charge on any atom is -0.495 e. The molecular weight excluding hydrogens is 388 g/mol. The molecule has 0 spiro atoms. The van der Waals surface area contributed by atoms with Crippen LogP contribution in [0.15, 0.2) is 36.4 Å². The average Bonchev–Trinajstić information content (AvgIpc) is 2.95. The van der Waals surface area contributed by atoms with E-state index in [0.29, 0.717) is 11.4 Å². The van der Waals surface area contributed by atoms with Crippen molar-refractivity contribution in [2.75, 3.05) is 19.0 Å². The van der Waals surface area contributed by atoms with Crippen molar-refractivity contribution in [3.05, 3.63) is 58.7 Å². The zero-order valence-electron chi connectivity index (χ0n) is 17.1. The van der Waals surface area contributed by atoms with E-state index in [9.17, 15) is 19.2 Å². The summed E-state index contributed by atoms with van der Waals surface area (Å²) in [6.07, 6.45) is 0. The van der Waals surface area contributed by atoms with Gasteiger partial charge >= 0.3 is 5.97 Å². The van der Waals surface area contributed by atoms with Crippen LogP contribution in [0.5, 0.6) is 5.75 Å². The molecule has 1 heterocycles. The number of hydrogen-bond acceptors (Lipinski definition) is 6. The Morgan fingerprint density at radius 1 is 1.00 bits per heavy atom. The van der Waals surface area contributed by atoms with Gasteiger partial charge in [0.15, 0.2) is 6.61 Å². The van der Waals surface area contributed by atoms with E-state index < -0.39 is 36.3 Å². The Kier molecular flexibility index (Phi) is 5.86. The summed E-state index contributed by atoms with van der Waals surface area (Å²) in [6.45, 7) is 4.49. The van der Waals surface area contributed by atoms with E-state index in [4.69, 9.17) is 9.47 Å². The highest BCUT2D eigenvalue weighted by Crippen LogP contribution is 2.27. The lowest BCUT2D eigenvalue weighted by Crippen LogP contribution is -2.44. The maximum absolute atomic E-state index is 12.6. The number of rotatable bonds is 6. The number of fused-ring (bicyclic) bond motifs is 1. The number of esters is 1. The van der Waals surface area contributed by atoms with Crippen LogP contribution in [0.2, 0.25) is 0 Å². The Morgan fingerprint density at radius 3 is 2.33 bits per heavy atom. The van der Waals surface area contributed by atoms with Crippen molar-refractivity contribution < 1.29 is 28.7 Å². The molecule has 2 aromatic rings. The summed E-state index contributed by atoms with van der Waals surface area (Å²) in [6, 6.07) is 8.99. The summed E-state index contributed by atoms with van der Waals surface area (Å²) in [5.41, 5.74) is 2.69. The van der Waals surface area contributed by atoms with Gasteiger partial charge in [-0.2, -0.15) is 0 Å². The highest BCUT2D eigenvalue weighted by molar-refractivity contribution is 6.22. The van der Waals surface area contributed by atoms with Crippen molar-refractivity contribution in [1.29, 1.82) is 0 Å². The number of ether oxygens (including phenoxy) is 2. The number of nitrogens with one attached hydrogen (secondary N) is 1. The summed E-state index contributed by atoms with van der Waals surface area (Å²) in [5.74, 6) is -2.08. The largest absolute Gasteiger partial charge is 0.495 e. The molecular formula is C22H22N2O6. The Balaban J connectivity index is 1.63. The van der Waals surface area contributed by atoms with Gasteiger partial charge in [-0.1, -0.05) is 17.7 Å². The molecule has 8 heteroatoms. The first-order valence-electron chi connectivity index (χ1n) is 9.32. The number of carbonyl (C=O) groups is 4. The Morgan fingerprint density at radius 2 is 1.63 bits per heavy atom. The Bertz CT molecular complexity index is 1050. The van der Waals surface area contributed by atoms with Crippen molar-refractivity contribution >= 4 is 29.4 Å². The van der Waals surface area contributed by atoms with Gasteiger partial charge in [-0.25, -0.2) is 4.79 Å². The van der Waals surface area contributed by atoms with Gasteiger partial charge in [0.1, 0.15) is 11.8 Å². The molecule has 1 aliphatic rings. The zero-order valence-corrected chi connectivity index (χ0v) is 17.1. The highest BCUT2D eigenvalue weighted by atomic mass is 16.5. The molecule has 1 atom stereocenters. The molecule has 0 radical (unpaired) electrons. The van der Waals surface area contributed by atoms with Crippen LogP contribution in [-0.4, -0.2) is 48.3 Å². The quantitative estimate of drug-likeness (QED) is 0.580. The summed E-state index contributed by atoms with van der Waals surface area (Å²) in [4.78, 5) is 50.6. The summed E-state index contributed by atoms with van der Waals surface area (Å²) >= 11 is 0. The molecule has 3 rings (SSSR count). The van der Waals surface area contributed by atoms with Crippen molar-refractivity contribution in [2.24, 2.45) is 0 Å². The lowest BCUT2D eigenvalue weighted by Gasteiger charge is -2.20.